The van der Waals surface area contributed by atoms with Gasteiger partial charge >= 0.3 is 0 Å². The highest BCUT2D eigenvalue weighted by molar-refractivity contribution is 5.86. The van der Waals surface area contributed by atoms with Crippen LogP contribution < -0.4 is 5.73 Å². The summed E-state index contributed by atoms with van der Waals surface area (Å²) in [5.74, 6) is -0.478. The fourth-order valence-corrected chi connectivity index (χ4v) is 1.43. The van der Waals surface area contributed by atoms with E-state index in [9.17, 15) is 9.59 Å². The van der Waals surface area contributed by atoms with Gasteiger partial charge in [-0.2, -0.15) is 0 Å². The summed E-state index contributed by atoms with van der Waals surface area (Å²) in [6, 6.07) is 0. The third kappa shape index (κ3) is 15.1. The van der Waals surface area contributed by atoms with Crippen LogP contribution in [0.5, 0.6) is 0 Å². The van der Waals surface area contributed by atoms with Crippen LogP contribution in [-0.4, -0.2) is 11.7 Å². The van der Waals surface area contributed by atoms with E-state index in [1.807, 2.05) is 27.7 Å². The molecule has 0 saturated heterocycles. The first kappa shape index (κ1) is 23.2. The van der Waals surface area contributed by atoms with E-state index in [2.05, 4.69) is 13.8 Å². The summed E-state index contributed by atoms with van der Waals surface area (Å²) in [6.07, 6.45) is 3.37. The maximum absolute atomic E-state index is 11.2. The van der Waals surface area contributed by atoms with Gasteiger partial charge in [-0.3, -0.25) is 9.59 Å². The van der Waals surface area contributed by atoms with Gasteiger partial charge in [-0.25, -0.2) is 0 Å². The highest BCUT2D eigenvalue weighted by Gasteiger charge is 2.26. The maximum atomic E-state index is 11.2. The molecule has 2 atom stereocenters. The van der Waals surface area contributed by atoms with Crippen LogP contribution >= 0.6 is 0 Å². The molecule has 0 bridgehead atoms. The van der Waals surface area contributed by atoms with Gasteiger partial charge in [0, 0.05) is 11.8 Å². The second-order valence-electron chi connectivity index (χ2n) is 5.04. The Hall–Kier alpha value is -0.860. The first-order valence-electron chi connectivity index (χ1n) is 7.57. The standard InChI is InChI=1S/C10H19NO2.C4H10.C2H6/c1-6(2)5-9(8(4)12)7(3)10(11)13;1-3-4-2;1-2/h6-7,9H,5H2,1-4H3,(H2,11,13);3-4H2,1-2H3;1-2H3. The molecule has 0 saturated carbocycles. The van der Waals surface area contributed by atoms with Crippen LogP contribution in [0.15, 0.2) is 0 Å². The number of hydrogen-bond acceptors (Lipinski definition) is 2. The highest BCUT2D eigenvalue weighted by Crippen LogP contribution is 2.21. The van der Waals surface area contributed by atoms with Crippen LogP contribution in [0.25, 0.3) is 0 Å². The molecule has 19 heavy (non-hydrogen) atoms. The van der Waals surface area contributed by atoms with Crippen molar-refractivity contribution < 1.29 is 9.59 Å². The van der Waals surface area contributed by atoms with Gasteiger partial charge in [0.15, 0.2) is 0 Å². The monoisotopic (exact) mass is 273 g/mol. The maximum Gasteiger partial charge on any atom is 0.220 e. The number of ketones is 1. The van der Waals surface area contributed by atoms with Crippen molar-refractivity contribution in [1.29, 1.82) is 0 Å². The van der Waals surface area contributed by atoms with E-state index in [1.165, 1.54) is 19.8 Å². The minimum Gasteiger partial charge on any atom is -0.369 e. The third-order valence-electron chi connectivity index (χ3n) is 2.80. The number of unbranched alkanes of at least 4 members (excludes halogenated alkanes) is 1. The lowest BCUT2D eigenvalue weighted by atomic mass is 9.83. The lowest BCUT2D eigenvalue weighted by Gasteiger charge is -2.20. The van der Waals surface area contributed by atoms with Crippen molar-refractivity contribution in [1.82, 2.24) is 0 Å². The Balaban J connectivity index is -0.000000361. The molecule has 0 fully saturated rings. The topological polar surface area (TPSA) is 60.2 Å². The van der Waals surface area contributed by atoms with Crippen LogP contribution in [0.4, 0.5) is 0 Å². The molecule has 3 nitrogen and oxygen atoms in total. The zero-order valence-corrected chi connectivity index (χ0v) is 14.2. The minimum atomic E-state index is -0.388. The van der Waals surface area contributed by atoms with Crippen LogP contribution in [0.2, 0.25) is 0 Å². The molecule has 0 rings (SSSR count). The van der Waals surface area contributed by atoms with E-state index < -0.39 is 0 Å². The number of nitrogens with two attached hydrogens (primary N) is 1. The molecule has 2 unspecified atom stereocenters. The summed E-state index contributed by atoms with van der Waals surface area (Å²) in [5.41, 5.74) is 5.16. The smallest absolute Gasteiger partial charge is 0.220 e. The lowest BCUT2D eigenvalue weighted by molar-refractivity contribution is -0.130. The SMILES string of the molecule is CC.CC(=O)C(CC(C)C)C(C)C(N)=O.CCCC. The zero-order chi connectivity index (χ0) is 16.0. The summed E-state index contributed by atoms with van der Waals surface area (Å²) in [4.78, 5) is 22.1. The molecule has 3 heteroatoms. The van der Waals surface area contributed by atoms with E-state index in [0.717, 1.165) is 6.42 Å². The molecule has 0 aliphatic carbocycles. The largest absolute Gasteiger partial charge is 0.369 e. The van der Waals surface area contributed by atoms with Crippen molar-refractivity contribution in [3.05, 3.63) is 0 Å². The van der Waals surface area contributed by atoms with Gasteiger partial charge < -0.3 is 5.73 Å². The molecule has 2 N–H and O–H groups in total. The molecule has 0 aromatic carbocycles. The van der Waals surface area contributed by atoms with E-state index in [-0.39, 0.29) is 23.5 Å². The van der Waals surface area contributed by atoms with Crippen molar-refractivity contribution in [2.24, 2.45) is 23.5 Å². The fourth-order valence-electron chi connectivity index (χ4n) is 1.43. The van der Waals surface area contributed by atoms with Crippen molar-refractivity contribution in [2.75, 3.05) is 0 Å². The molecule has 0 radical (unpaired) electrons. The zero-order valence-electron chi connectivity index (χ0n) is 14.2. The van der Waals surface area contributed by atoms with Crippen molar-refractivity contribution in [3.63, 3.8) is 0 Å². The van der Waals surface area contributed by atoms with Gasteiger partial charge in [0.1, 0.15) is 5.78 Å². The Morgan fingerprint density at radius 1 is 1.00 bits per heavy atom. The Bertz CT molecular complexity index is 223. The first-order chi connectivity index (χ1) is 8.77. The average Bonchev–Trinajstić information content (AvgIpc) is 2.37. The van der Waals surface area contributed by atoms with Gasteiger partial charge in [0.2, 0.25) is 5.91 Å². The quantitative estimate of drug-likeness (QED) is 0.788. The van der Waals surface area contributed by atoms with Crippen LogP contribution in [-0.2, 0) is 9.59 Å². The van der Waals surface area contributed by atoms with Crippen LogP contribution in [0, 0.1) is 17.8 Å². The second-order valence-corrected chi connectivity index (χ2v) is 5.04. The summed E-state index contributed by atoms with van der Waals surface area (Å²) >= 11 is 0. The molecular weight excluding hydrogens is 238 g/mol. The number of rotatable bonds is 6. The van der Waals surface area contributed by atoms with Crippen molar-refractivity contribution in [2.45, 2.75) is 74.7 Å². The highest BCUT2D eigenvalue weighted by atomic mass is 16.1. The fraction of sp³-hybridized carbons (Fsp3) is 0.875. The number of primary amides is 1. The Labute approximate surface area is 120 Å². The summed E-state index contributed by atoms with van der Waals surface area (Å²) in [5, 5.41) is 0. The average molecular weight is 273 g/mol. The van der Waals surface area contributed by atoms with Crippen molar-refractivity contribution >= 4 is 11.7 Å². The predicted molar refractivity (Wildman–Crippen MR) is 83.9 cm³/mol. The Morgan fingerprint density at radius 3 is 1.53 bits per heavy atom. The van der Waals surface area contributed by atoms with Gasteiger partial charge in [-0.05, 0) is 19.3 Å². The van der Waals surface area contributed by atoms with E-state index in [4.69, 9.17) is 5.73 Å². The summed E-state index contributed by atoms with van der Waals surface area (Å²) < 4.78 is 0. The van der Waals surface area contributed by atoms with Crippen molar-refractivity contribution in [3.8, 4) is 0 Å². The summed E-state index contributed by atoms with van der Waals surface area (Å²) in [7, 11) is 0. The summed E-state index contributed by atoms with van der Waals surface area (Å²) in [6.45, 7) is 15.7. The Morgan fingerprint density at radius 2 is 1.37 bits per heavy atom. The number of Topliss-reactive ketones (excluding diaryl/α,β-unsaturated/α-hetero) is 1. The number of carbonyl (C=O) groups is 2. The van der Waals surface area contributed by atoms with E-state index >= 15 is 0 Å². The first-order valence-corrected chi connectivity index (χ1v) is 7.57. The van der Waals surface area contributed by atoms with Crippen LogP contribution in [0.3, 0.4) is 0 Å². The number of carbonyl (C=O) groups excluding carboxylic acids is 2. The second kappa shape index (κ2) is 15.2. The Kier molecular flexibility index (Phi) is 18.6. The molecule has 1 amide bonds. The van der Waals surface area contributed by atoms with Gasteiger partial charge in [-0.1, -0.05) is 61.3 Å². The molecule has 0 aliphatic rings. The lowest BCUT2D eigenvalue weighted by Crippen LogP contribution is -2.32. The van der Waals surface area contributed by atoms with E-state index in [1.54, 1.807) is 6.92 Å². The van der Waals surface area contributed by atoms with E-state index in [0.29, 0.717) is 5.92 Å². The molecule has 0 aliphatic heterocycles. The molecule has 116 valence electrons. The number of hydrogen-bond donors (Lipinski definition) is 1. The van der Waals surface area contributed by atoms with Gasteiger partial charge in [0.25, 0.3) is 0 Å². The van der Waals surface area contributed by atoms with Gasteiger partial charge in [0.05, 0.1) is 0 Å². The molecule has 0 heterocycles. The molecular formula is C16H35NO2. The number of amides is 1. The third-order valence-corrected chi connectivity index (χ3v) is 2.80. The van der Waals surface area contributed by atoms with Crippen LogP contribution in [0.1, 0.15) is 74.7 Å². The van der Waals surface area contributed by atoms with Gasteiger partial charge in [-0.15, -0.1) is 0 Å². The molecule has 0 aromatic heterocycles. The predicted octanol–water partition coefficient (Wildman–Crippen LogP) is 4.19. The normalized spacial score (nSPS) is 12.5. The molecule has 0 spiro atoms. The molecule has 0 aromatic rings. The minimum absolute atomic E-state index is 0.0556.